The molecule has 2 rings (SSSR count). The van der Waals surface area contributed by atoms with Crippen LogP contribution in [0.25, 0.3) is 10.4 Å². The first-order valence-electron chi connectivity index (χ1n) is 6.46. The highest BCUT2D eigenvalue weighted by atomic mass is 35.5. The molecule has 1 aromatic heterocycles. The highest BCUT2D eigenvalue weighted by Gasteiger charge is 2.08. The van der Waals surface area contributed by atoms with E-state index in [9.17, 15) is 4.79 Å². The van der Waals surface area contributed by atoms with Crippen molar-refractivity contribution in [1.82, 2.24) is 5.32 Å². The normalized spacial score (nSPS) is 10.2. The van der Waals surface area contributed by atoms with Crippen LogP contribution in [-0.2, 0) is 4.79 Å². The minimum absolute atomic E-state index is 0.0222. The van der Waals surface area contributed by atoms with Crippen LogP contribution in [0.5, 0.6) is 11.5 Å². The number of thiophene rings is 1. The fraction of sp³-hybridized carbons (Fsp3) is 0.267. The third-order valence-corrected chi connectivity index (χ3v) is 4.00. The summed E-state index contributed by atoms with van der Waals surface area (Å²) >= 11 is 7.44. The summed E-state index contributed by atoms with van der Waals surface area (Å²) in [4.78, 5) is 12.5. The molecular weight excluding hydrogens is 310 g/mol. The van der Waals surface area contributed by atoms with Crippen molar-refractivity contribution in [3.05, 3.63) is 34.7 Å². The van der Waals surface area contributed by atoms with Gasteiger partial charge in [0.2, 0.25) is 0 Å². The Morgan fingerprint density at radius 2 is 2.05 bits per heavy atom. The van der Waals surface area contributed by atoms with E-state index < -0.39 is 0 Å². The van der Waals surface area contributed by atoms with Gasteiger partial charge < -0.3 is 14.8 Å². The molecule has 0 radical (unpaired) electrons. The molecule has 0 saturated heterocycles. The first-order valence-corrected chi connectivity index (χ1v) is 7.66. The van der Waals surface area contributed by atoms with Gasteiger partial charge in [0.05, 0.1) is 11.4 Å². The van der Waals surface area contributed by atoms with Crippen molar-refractivity contribution in [1.29, 1.82) is 0 Å². The maximum Gasteiger partial charge on any atom is 0.257 e. The lowest BCUT2D eigenvalue weighted by atomic mass is 10.1. The van der Waals surface area contributed by atoms with Gasteiger partial charge in [-0.3, -0.25) is 4.79 Å². The maximum absolute atomic E-state index is 11.4. The molecule has 0 spiro atoms. The third kappa shape index (κ3) is 4.37. The fourth-order valence-electron chi connectivity index (χ4n) is 1.78. The van der Waals surface area contributed by atoms with Crippen molar-refractivity contribution in [2.75, 3.05) is 20.3 Å². The van der Waals surface area contributed by atoms with Gasteiger partial charge in [-0.05, 0) is 36.8 Å². The van der Waals surface area contributed by atoms with Crippen LogP contribution in [-0.4, -0.2) is 26.2 Å². The summed E-state index contributed by atoms with van der Waals surface area (Å²) in [6.45, 7) is 2.42. The summed E-state index contributed by atoms with van der Waals surface area (Å²) in [6.07, 6.45) is 0. The Balaban J connectivity index is 2.19. The largest absolute Gasteiger partial charge is 0.497 e. The van der Waals surface area contributed by atoms with Crippen molar-refractivity contribution in [3.8, 4) is 21.9 Å². The molecule has 0 unspecified atom stereocenters. The molecule has 0 aliphatic rings. The third-order valence-electron chi connectivity index (χ3n) is 2.72. The Kier molecular flexibility index (Phi) is 5.47. The summed E-state index contributed by atoms with van der Waals surface area (Å²) < 4.78 is 11.5. The van der Waals surface area contributed by atoms with Crippen LogP contribution in [0.3, 0.4) is 0 Å². The number of methoxy groups -OCH3 is 1. The van der Waals surface area contributed by atoms with Gasteiger partial charge in [-0.15, -0.1) is 11.3 Å². The molecule has 0 aliphatic heterocycles. The molecule has 0 bridgehead atoms. The summed E-state index contributed by atoms with van der Waals surface area (Å²) in [6, 6.07) is 9.30. The number of hydrogen-bond acceptors (Lipinski definition) is 4. The van der Waals surface area contributed by atoms with Gasteiger partial charge in [-0.25, -0.2) is 0 Å². The van der Waals surface area contributed by atoms with Crippen molar-refractivity contribution >= 4 is 28.8 Å². The molecule has 2 aromatic rings. The molecule has 0 saturated carbocycles. The number of nitrogens with one attached hydrogen (secondary N) is 1. The second kappa shape index (κ2) is 7.33. The van der Waals surface area contributed by atoms with Crippen molar-refractivity contribution < 1.29 is 14.3 Å². The van der Waals surface area contributed by atoms with Crippen LogP contribution in [0.4, 0.5) is 0 Å². The molecule has 0 fully saturated rings. The predicted molar refractivity (Wildman–Crippen MR) is 85.5 cm³/mol. The maximum atomic E-state index is 11.4. The molecule has 0 atom stereocenters. The fourth-order valence-corrected chi connectivity index (χ4v) is 2.81. The van der Waals surface area contributed by atoms with Crippen LogP contribution in [0.2, 0.25) is 4.34 Å². The van der Waals surface area contributed by atoms with E-state index in [0.29, 0.717) is 18.0 Å². The number of ether oxygens (including phenoxy) is 2. The molecule has 0 aliphatic carbocycles. The smallest absolute Gasteiger partial charge is 0.257 e. The number of likely N-dealkylation sites (N-methyl/N-ethyl adjacent to an activating group) is 1. The summed E-state index contributed by atoms with van der Waals surface area (Å²) in [5.74, 6) is 1.10. The number of benzene rings is 1. The van der Waals surface area contributed by atoms with Gasteiger partial charge in [0.1, 0.15) is 11.5 Å². The molecule has 112 valence electrons. The van der Waals surface area contributed by atoms with E-state index in [-0.39, 0.29) is 12.5 Å². The average molecular weight is 326 g/mol. The van der Waals surface area contributed by atoms with E-state index >= 15 is 0 Å². The summed E-state index contributed by atoms with van der Waals surface area (Å²) in [5, 5.41) is 2.68. The van der Waals surface area contributed by atoms with Crippen molar-refractivity contribution in [2.24, 2.45) is 0 Å². The van der Waals surface area contributed by atoms with Crippen LogP contribution in [0.15, 0.2) is 30.3 Å². The van der Waals surface area contributed by atoms with E-state index in [1.165, 1.54) is 11.3 Å². The van der Waals surface area contributed by atoms with Crippen LogP contribution < -0.4 is 14.8 Å². The molecule has 1 N–H and O–H groups in total. The van der Waals surface area contributed by atoms with Crippen molar-refractivity contribution in [3.63, 3.8) is 0 Å². The first-order chi connectivity index (χ1) is 10.1. The number of amides is 1. The van der Waals surface area contributed by atoms with Gasteiger partial charge in [-0.1, -0.05) is 11.6 Å². The van der Waals surface area contributed by atoms with Crippen LogP contribution >= 0.6 is 22.9 Å². The summed E-state index contributed by atoms with van der Waals surface area (Å²) in [7, 11) is 1.59. The van der Waals surface area contributed by atoms with Crippen molar-refractivity contribution in [2.45, 2.75) is 6.92 Å². The minimum atomic E-state index is -0.152. The molecular formula is C15H16ClNO3S. The van der Waals surface area contributed by atoms with Crippen LogP contribution in [0.1, 0.15) is 6.92 Å². The number of carbonyl (C=O) groups excluding carboxylic acids is 1. The second-order valence-electron chi connectivity index (χ2n) is 4.24. The van der Waals surface area contributed by atoms with E-state index in [2.05, 4.69) is 5.32 Å². The van der Waals surface area contributed by atoms with Gasteiger partial charge >= 0.3 is 0 Å². The number of carbonyl (C=O) groups is 1. The van der Waals surface area contributed by atoms with Gasteiger partial charge in [0.15, 0.2) is 6.61 Å². The average Bonchev–Trinajstić information content (AvgIpc) is 2.92. The van der Waals surface area contributed by atoms with Gasteiger partial charge in [-0.2, -0.15) is 0 Å². The van der Waals surface area contributed by atoms with Gasteiger partial charge in [0.25, 0.3) is 5.91 Å². The quantitative estimate of drug-likeness (QED) is 0.883. The Hall–Kier alpha value is -1.72. The number of halogens is 1. The molecule has 1 amide bonds. The molecule has 21 heavy (non-hydrogen) atoms. The lowest BCUT2D eigenvalue weighted by Gasteiger charge is -2.10. The number of rotatable bonds is 6. The highest BCUT2D eigenvalue weighted by Crippen LogP contribution is 2.35. The van der Waals surface area contributed by atoms with E-state index in [1.807, 2.05) is 31.2 Å². The second-order valence-corrected chi connectivity index (χ2v) is 5.96. The molecule has 4 nitrogen and oxygen atoms in total. The lowest BCUT2D eigenvalue weighted by Crippen LogP contribution is -2.28. The zero-order valence-electron chi connectivity index (χ0n) is 11.8. The molecule has 6 heteroatoms. The SMILES string of the molecule is CCNC(=O)COc1cc(OC)cc(-c2ccc(Cl)s2)c1. The Morgan fingerprint density at radius 1 is 1.29 bits per heavy atom. The van der Waals surface area contributed by atoms with E-state index in [4.69, 9.17) is 21.1 Å². The Labute approximate surface area is 132 Å². The molecule has 1 heterocycles. The van der Waals surface area contributed by atoms with Gasteiger partial charge in [0, 0.05) is 17.5 Å². The first kappa shape index (κ1) is 15.7. The topological polar surface area (TPSA) is 47.6 Å². The number of hydrogen-bond donors (Lipinski definition) is 1. The lowest BCUT2D eigenvalue weighted by molar-refractivity contribution is -0.122. The Morgan fingerprint density at radius 3 is 2.67 bits per heavy atom. The Bertz CT molecular complexity index is 627. The predicted octanol–water partition coefficient (Wildman–Crippen LogP) is 3.59. The van der Waals surface area contributed by atoms with E-state index in [1.54, 1.807) is 13.2 Å². The summed E-state index contributed by atoms with van der Waals surface area (Å²) in [5.41, 5.74) is 0.942. The zero-order valence-corrected chi connectivity index (χ0v) is 13.4. The van der Waals surface area contributed by atoms with E-state index in [0.717, 1.165) is 14.8 Å². The minimum Gasteiger partial charge on any atom is -0.497 e. The zero-order chi connectivity index (χ0) is 15.2. The monoisotopic (exact) mass is 325 g/mol. The highest BCUT2D eigenvalue weighted by molar-refractivity contribution is 7.19. The molecule has 1 aromatic carbocycles. The van der Waals surface area contributed by atoms with Crippen LogP contribution in [0, 0.1) is 0 Å². The standard InChI is InChI=1S/C15H16ClNO3S/c1-3-17-15(18)9-20-12-7-10(6-11(8-12)19-2)13-4-5-14(16)21-13/h4-8H,3,9H2,1-2H3,(H,17,18).